The molecular weight excluding hydrogens is 201 g/mol. The van der Waals surface area contributed by atoms with Crippen LogP contribution in [0, 0.1) is 0 Å². The molecule has 0 spiro atoms. The van der Waals surface area contributed by atoms with Gasteiger partial charge in [-0.3, -0.25) is 0 Å². The van der Waals surface area contributed by atoms with E-state index in [2.05, 4.69) is 4.74 Å². The summed E-state index contributed by atoms with van der Waals surface area (Å²) in [7, 11) is 0. The van der Waals surface area contributed by atoms with Gasteiger partial charge in [0.2, 0.25) is 0 Å². The van der Waals surface area contributed by atoms with Gasteiger partial charge >= 0.3 is 6.18 Å². The summed E-state index contributed by atoms with van der Waals surface area (Å²) in [5, 5.41) is 0. The van der Waals surface area contributed by atoms with Crippen molar-refractivity contribution in [3.05, 3.63) is 0 Å². The van der Waals surface area contributed by atoms with E-state index in [4.69, 9.17) is 9.47 Å². The molecule has 0 atom stereocenters. The largest absolute Gasteiger partial charge is 0.411 e. The lowest BCUT2D eigenvalue weighted by molar-refractivity contribution is -0.200. The molecule has 1 aliphatic heterocycles. The van der Waals surface area contributed by atoms with E-state index >= 15 is 0 Å². The first-order chi connectivity index (χ1) is 6.58. The molecule has 0 N–H and O–H groups in total. The van der Waals surface area contributed by atoms with E-state index in [-0.39, 0.29) is 6.61 Å². The highest BCUT2D eigenvalue weighted by Gasteiger charge is 2.27. The summed E-state index contributed by atoms with van der Waals surface area (Å²) in [6, 6.07) is 0. The highest BCUT2D eigenvalue weighted by atomic mass is 19.4. The molecule has 0 radical (unpaired) electrons. The summed E-state index contributed by atoms with van der Waals surface area (Å²) in [4.78, 5) is 0. The van der Waals surface area contributed by atoms with Crippen molar-refractivity contribution in [2.45, 2.75) is 25.3 Å². The van der Waals surface area contributed by atoms with Crippen molar-refractivity contribution in [3.63, 3.8) is 0 Å². The van der Waals surface area contributed by atoms with Crippen LogP contribution in [0.15, 0.2) is 0 Å². The van der Waals surface area contributed by atoms with Crippen molar-refractivity contribution in [1.29, 1.82) is 0 Å². The Hall–Kier alpha value is -0.330. The topological polar surface area (TPSA) is 27.7 Å². The van der Waals surface area contributed by atoms with Crippen LogP contribution >= 0.6 is 0 Å². The molecule has 1 rings (SSSR count). The fourth-order valence-electron chi connectivity index (χ4n) is 1.07. The second kappa shape index (κ2) is 5.53. The molecule has 1 heterocycles. The Kier molecular flexibility index (Phi) is 4.64. The van der Waals surface area contributed by atoms with Gasteiger partial charge in [-0.05, 0) is 6.42 Å². The van der Waals surface area contributed by atoms with Gasteiger partial charge in [0, 0.05) is 6.42 Å². The Morgan fingerprint density at radius 1 is 1.21 bits per heavy atom. The van der Waals surface area contributed by atoms with Crippen molar-refractivity contribution < 1.29 is 27.4 Å². The molecule has 1 saturated heterocycles. The fourth-order valence-corrected chi connectivity index (χ4v) is 1.07. The number of alkyl halides is 3. The zero-order chi connectivity index (χ0) is 10.4. The van der Waals surface area contributed by atoms with Crippen molar-refractivity contribution in [2.75, 3.05) is 26.4 Å². The number of ether oxygens (including phenoxy) is 3. The SMILES string of the molecule is FC(F)(F)COCCC1OCCCO1. The summed E-state index contributed by atoms with van der Waals surface area (Å²) < 4.78 is 49.6. The Bertz CT molecular complexity index is 154. The van der Waals surface area contributed by atoms with Gasteiger partial charge in [0.15, 0.2) is 6.29 Å². The third-order valence-corrected chi connectivity index (χ3v) is 1.66. The number of halogens is 3. The van der Waals surface area contributed by atoms with Gasteiger partial charge in [-0.25, -0.2) is 0 Å². The summed E-state index contributed by atoms with van der Waals surface area (Å²) in [5.74, 6) is 0. The summed E-state index contributed by atoms with van der Waals surface area (Å²) in [6.45, 7) is -0.00221. The third-order valence-electron chi connectivity index (χ3n) is 1.66. The van der Waals surface area contributed by atoms with E-state index in [0.717, 1.165) is 6.42 Å². The molecule has 0 unspecified atom stereocenters. The Balaban J connectivity index is 1.97. The smallest absolute Gasteiger partial charge is 0.372 e. The molecule has 0 aromatic heterocycles. The maximum absolute atomic E-state index is 11.6. The lowest BCUT2D eigenvalue weighted by Crippen LogP contribution is -2.27. The molecule has 84 valence electrons. The lowest BCUT2D eigenvalue weighted by atomic mass is 10.4. The van der Waals surface area contributed by atoms with E-state index in [1.165, 1.54) is 0 Å². The number of hydrogen-bond acceptors (Lipinski definition) is 3. The van der Waals surface area contributed by atoms with Crippen LogP contribution in [0.3, 0.4) is 0 Å². The van der Waals surface area contributed by atoms with Crippen LogP contribution in [-0.2, 0) is 14.2 Å². The van der Waals surface area contributed by atoms with Crippen molar-refractivity contribution in [3.8, 4) is 0 Å². The minimum Gasteiger partial charge on any atom is -0.372 e. The first-order valence-electron chi connectivity index (χ1n) is 4.45. The van der Waals surface area contributed by atoms with Crippen molar-refractivity contribution in [1.82, 2.24) is 0 Å². The van der Waals surface area contributed by atoms with Crippen LogP contribution in [-0.4, -0.2) is 38.9 Å². The molecule has 0 aromatic carbocycles. The lowest BCUT2D eigenvalue weighted by Gasteiger charge is -2.23. The van der Waals surface area contributed by atoms with Gasteiger partial charge in [0.05, 0.1) is 19.8 Å². The minimum atomic E-state index is -4.26. The second-order valence-corrected chi connectivity index (χ2v) is 2.98. The van der Waals surface area contributed by atoms with Crippen LogP contribution in [0.2, 0.25) is 0 Å². The number of rotatable bonds is 4. The summed E-state index contributed by atoms with van der Waals surface area (Å²) >= 11 is 0. The Morgan fingerprint density at radius 2 is 1.86 bits per heavy atom. The molecule has 3 nitrogen and oxygen atoms in total. The molecule has 0 aromatic rings. The maximum atomic E-state index is 11.6. The zero-order valence-electron chi connectivity index (χ0n) is 7.68. The monoisotopic (exact) mass is 214 g/mol. The summed E-state index contributed by atoms with van der Waals surface area (Å²) in [5.41, 5.74) is 0. The van der Waals surface area contributed by atoms with Crippen LogP contribution in [0.1, 0.15) is 12.8 Å². The van der Waals surface area contributed by atoms with Crippen LogP contribution < -0.4 is 0 Å². The predicted octanol–water partition coefficient (Wildman–Crippen LogP) is 1.72. The predicted molar refractivity (Wildman–Crippen MR) is 41.8 cm³/mol. The Labute approximate surface area is 80.1 Å². The quantitative estimate of drug-likeness (QED) is 0.667. The average molecular weight is 214 g/mol. The van der Waals surface area contributed by atoms with E-state index in [1.807, 2.05) is 0 Å². The van der Waals surface area contributed by atoms with Gasteiger partial charge < -0.3 is 14.2 Å². The van der Waals surface area contributed by atoms with E-state index in [0.29, 0.717) is 19.6 Å². The minimum absolute atomic E-state index is 0.00414. The first kappa shape index (κ1) is 11.7. The van der Waals surface area contributed by atoms with Gasteiger partial charge in [0.1, 0.15) is 6.61 Å². The maximum Gasteiger partial charge on any atom is 0.411 e. The fraction of sp³-hybridized carbons (Fsp3) is 1.00. The van der Waals surface area contributed by atoms with Gasteiger partial charge in [0.25, 0.3) is 0 Å². The normalized spacial score (nSPS) is 19.9. The van der Waals surface area contributed by atoms with Crippen LogP contribution in [0.25, 0.3) is 0 Å². The summed E-state index contributed by atoms with van der Waals surface area (Å²) in [6.07, 6.45) is -3.48. The second-order valence-electron chi connectivity index (χ2n) is 2.98. The van der Waals surface area contributed by atoms with Gasteiger partial charge in [-0.2, -0.15) is 13.2 Å². The number of hydrogen-bond donors (Lipinski definition) is 0. The molecule has 14 heavy (non-hydrogen) atoms. The molecule has 0 saturated carbocycles. The highest BCUT2D eigenvalue weighted by Crippen LogP contribution is 2.15. The standard InChI is InChI=1S/C8H13F3O3/c9-8(10,11)6-12-5-2-7-13-3-1-4-14-7/h7H,1-6H2. The Morgan fingerprint density at radius 3 is 2.43 bits per heavy atom. The highest BCUT2D eigenvalue weighted by molar-refractivity contribution is 4.52. The molecular formula is C8H13F3O3. The molecule has 6 heteroatoms. The van der Waals surface area contributed by atoms with Crippen LogP contribution in [0.4, 0.5) is 13.2 Å². The van der Waals surface area contributed by atoms with Gasteiger partial charge in [-0.15, -0.1) is 0 Å². The van der Waals surface area contributed by atoms with Crippen molar-refractivity contribution >= 4 is 0 Å². The van der Waals surface area contributed by atoms with Crippen LogP contribution in [0.5, 0.6) is 0 Å². The molecule has 1 aliphatic rings. The van der Waals surface area contributed by atoms with Crippen molar-refractivity contribution in [2.24, 2.45) is 0 Å². The molecule has 0 bridgehead atoms. The van der Waals surface area contributed by atoms with E-state index in [9.17, 15) is 13.2 Å². The molecule has 1 fully saturated rings. The van der Waals surface area contributed by atoms with Gasteiger partial charge in [-0.1, -0.05) is 0 Å². The first-order valence-corrected chi connectivity index (χ1v) is 4.45. The van der Waals surface area contributed by atoms with E-state index < -0.39 is 19.1 Å². The average Bonchev–Trinajstić information content (AvgIpc) is 2.13. The molecule has 0 aliphatic carbocycles. The third kappa shape index (κ3) is 5.41. The zero-order valence-corrected chi connectivity index (χ0v) is 7.68. The molecule has 0 amide bonds. The van der Waals surface area contributed by atoms with E-state index in [1.54, 1.807) is 0 Å².